The summed E-state index contributed by atoms with van der Waals surface area (Å²) in [6.07, 6.45) is 3.64. The van der Waals surface area contributed by atoms with Crippen LogP contribution >= 0.6 is 0 Å². The molecule has 0 radical (unpaired) electrons. The molecule has 130 valence electrons. The van der Waals surface area contributed by atoms with Gasteiger partial charge in [0.1, 0.15) is 5.82 Å². The third-order valence-electron chi connectivity index (χ3n) is 4.33. The SMILES string of the molecule is Cc1nc(S(=O)(=O)NCCC(=O)NC(C)(CN)C2CC2)cn1C. The molecule has 1 unspecified atom stereocenters. The van der Waals surface area contributed by atoms with Gasteiger partial charge in [-0.15, -0.1) is 0 Å². The Morgan fingerprint density at radius 2 is 2.17 bits per heavy atom. The molecule has 4 N–H and O–H groups in total. The van der Waals surface area contributed by atoms with E-state index in [1.807, 2.05) is 6.92 Å². The summed E-state index contributed by atoms with van der Waals surface area (Å²) in [6, 6.07) is 0. The fraction of sp³-hybridized carbons (Fsp3) is 0.714. The van der Waals surface area contributed by atoms with Crippen molar-refractivity contribution in [3.63, 3.8) is 0 Å². The number of nitrogens with two attached hydrogens (primary N) is 1. The minimum absolute atomic E-state index is 0.0229. The van der Waals surface area contributed by atoms with Gasteiger partial charge in [-0.05, 0) is 32.6 Å². The van der Waals surface area contributed by atoms with Crippen LogP contribution in [0.4, 0.5) is 0 Å². The highest BCUT2D eigenvalue weighted by molar-refractivity contribution is 7.89. The number of imidazole rings is 1. The average Bonchev–Trinajstić information content (AvgIpc) is 3.26. The van der Waals surface area contributed by atoms with Crippen LogP contribution in [0.2, 0.25) is 0 Å². The van der Waals surface area contributed by atoms with E-state index in [-0.39, 0.29) is 23.9 Å². The largest absolute Gasteiger partial charge is 0.349 e. The first-order valence-electron chi connectivity index (χ1n) is 7.68. The van der Waals surface area contributed by atoms with Crippen LogP contribution in [-0.4, -0.2) is 42.5 Å². The summed E-state index contributed by atoms with van der Waals surface area (Å²) in [4.78, 5) is 16.0. The average molecular weight is 343 g/mol. The van der Waals surface area contributed by atoms with Gasteiger partial charge >= 0.3 is 0 Å². The van der Waals surface area contributed by atoms with Crippen LogP contribution in [0.25, 0.3) is 0 Å². The van der Waals surface area contributed by atoms with E-state index in [9.17, 15) is 13.2 Å². The molecule has 1 saturated carbocycles. The molecule has 1 fully saturated rings. The van der Waals surface area contributed by atoms with Gasteiger partial charge in [-0.25, -0.2) is 18.1 Å². The first-order valence-corrected chi connectivity index (χ1v) is 9.17. The zero-order chi connectivity index (χ0) is 17.3. The Labute approximate surface area is 136 Å². The fourth-order valence-electron chi connectivity index (χ4n) is 2.45. The summed E-state index contributed by atoms with van der Waals surface area (Å²) in [5.74, 6) is 0.820. The third-order valence-corrected chi connectivity index (χ3v) is 5.66. The van der Waals surface area contributed by atoms with E-state index in [1.54, 1.807) is 18.5 Å². The summed E-state index contributed by atoms with van der Waals surface area (Å²) in [7, 11) is -1.97. The molecule has 0 aliphatic heterocycles. The number of sulfonamides is 1. The molecule has 1 aliphatic rings. The van der Waals surface area contributed by atoms with E-state index in [1.165, 1.54) is 6.20 Å². The van der Waals surface area contributed by atoms with Crippen molar-refractivity contribution in [2.24, 2.45) is 18.7 Å². The first kappa shape index (κ1) is 17.9. The van der Waals surface area contributed by atoms with Crippen molar-refractivity contribution < 1.29 is 13.2 Å². The normalized spacial score (nSPS) is 17.7. The summed E-state index contributed by atoms with van der Waals surface area (Å²) >= 11 is 0. The second-order valence-corrected chi connectivity index (χ2v) is 8.04. The number of aryl methyl sites for hydroxylation is 2. The molecule has 0 spiro atoms. The first-order chi connectivity index (χ1) is 10.7. The van der Waals surface area contributed by atoms with Gasteiger partial charge in [0.05, 0.1) is 5.54 Å². The molecule has 1 heterocycles. The Morgan fingerprint density at radius 1 is 1.52 bits per heavy atom. The van der Waals surface area contributed by atoms with Gasteiger partial charge in [0.15, 0.2) is 5.03 Å². The highest BCUT2D eigenvalue weighted by Gasteiger charge is 2.41. The van der Waals surface area contributed by atoms with Crippen molar-refractivity contribution in [2.75, 3.05) is 13.1 Å². The molecule has 1 amide bonds. The molecule has 0 bridgehead atoms. The van der Waals surface area contributed by atoms with E-state index in [0.29, 0.717) is 18.3 Å². The quantitative estimate of drug-likeness (QED) is 0.595. The molecule has 9 heteroatoms. The van der Waals surface area contributed by atoms with Gasteiger partial charge in [0.25, 0.3) is 10.0 Å². The van der Waals surface area contributed by atoms with E-state index in [0.717, 1.165) is 12.8 Å². The Hall–Kier alpha value is -1.45. The maximum Gasteiger partial charge on any atom is 0.259 e. The number of carbonyl (C=O) groups is 1. The van der Waals surface area contributed by atoms with Crippen molar-refractivity contribution in [1.82, 2.24) is 19.6 Å². The van der Waals surface area contributed by atoms with Gasteiger partial charge < -0.3 is 15.6 Å². The summed E-state index contributed by atoms with van der Waals surface area (Å²) in [6.45, 7) is 4.05. The summed E-state index contributed by atoms with van der Waals surface area (Å²) in [5.41, 5.74) is 5.36. The molecule has 2 rings (SSSR count). The van der Waals surface area contributed by atoms with Gasteiger partial charge in [-0.1, -0.05) is 0 Å². The van der Waals surface area contributed by atoms with Gasteiger partial charge in [-0.2, -0.15) is 0 Å². The highest BCUT2D eigenvalue weighted by Crippen LogP contribution is 2.38. The number of aromatic nitrogens is 2. The number of hydrogen-bond donors (Lipinski definition) is 3. The molecular weight excluding hydrogens is 318 g/mol. The van der Waals surface area contributed by atoms with E-state index in [2.05, 4.69) is 15.0 Å². The maximum atomic E-state index is 12.1. The van der Waals surface area contributed by atoms with Crippen molar-refractivity contribution in [3.05, 3.63) is 12.0 Å². The number of nitrogens with zero attached hydrogens (tertiary/aromatic N) is 2. The number of nitrogens with one attached hydrogen (secondary N) is 2. The number of amides is 1. The Bertz CT molecular complexity index is 661. The Balaban J connectivity index is 1.85. The minimum atomic E-state index is -3.70. The predicted octanol–water partition coefficient (Wildman–Crippen LogP) is -0.359. The Kier molecular flexibility index (Phi) is 5.12. The van der Waals surface area contributed by atoms with Crippen molar-refractivity contribution >= 4 is 15.9 Å². The summed E-state index contributed by atoms with van der Waals surface area (Å²) < 4.78 is 28.2. The van der Waals surface area contributed by atoms with Crippen LogP contribution in [0.5, 0.6) is 0 Å². The molecule has 1 aliphatic carbocycles. The van der Waals surface area contributed by atoms with E-state index in [4.69, 9.17) is 5.73 Å². The second kappa shape index (κ2) is 6.58. The van der Waals surface area contributed by atoms with Gasteiger partial charge in [0.2, 0.25) is 5.91 Å². The maximum absolute atomic E-state index is 12.1. The Morgan fingerprint density at radius 3 is 2.65 bits per heavy atom. The molecule has 0 saturated heterocycles. The number of hydrogen-bond acceptors (Lipinski definition) is 5. The third kappa shape index (κ3) is 4.30. The molecule has 1 aromatic heterocycles. The monoisotopic (exact) mass is 343 g/mol. The molecular formula is C14H25N5O3S. The molecule has 23 heavy (non-hydrogen) atoms. The van der Waals surface area contributed by atoms with E-state index < -0.39 is 15.6 Å². The lowest BCUT2D eigenvalue weighted by atomic mass is 9.96. The van der Waals surface area contributed by atoms with Gasteiger partial charge in [0, 0.05) is 32.8 Å². The van der Waals surface area contributed by atoms with Crippen molar-refractivity contribution in [3.8, 4) is 0 Å². The molecule has 1 aromatic rings. The van der Waals surface area contributed by atoms with Gasteiger partial charge in [-0.3, -0.25) is 4.79 Å². The zero-order valence-electron chi connectivity index (χ0n) is 13.8. The van der Waals surface area contributed by atoms with Crippen LogP contribution in [0.15, 0.2) is 11.2 Å². The summed E-state index contributed by atoms with van der Waals surface area (Å²) in [5, 5.41) is 2.89. The van der Waals surface area contributed by atoms with Crippen LogP contribution in [0, 0.1) is 12.8 Å². The fourth-order valence-corrected chi connectivity index (χ4v) is 3.52. The predicted molar refractivity (Wildman–Crippen MR) is 86.1 cm³/mol. The molecule has 1 atom stereocenters. The lowest BCUT2D eigenvalue weighted by Crippen LogP contribution is -2.53. The molecule has 8 nitrogen and oxygen atoms in total. The molecule has 0 aromatic carbocycles. The topological polar surface area (TPSA) is 119 Å². The van der Waals surface area contributed by atoms with Crippen LogP contribution in [0.3, 0.4) is 0 Å². The lowest BCUT2D eigenvalue weighted by Gasteiger charge is -2.29. The lowest BCUT2D eigenvalue weighted by molar-refractivity contribution is -0.122. The second-order valence-electron chi connectivity index (χ2n) is 6.33. The highest BCUT2D eigenvalue weighted by atomic mass is 32.2. The number of carbonyl (C=O) groups excluding carboxylic acids is 1. The van der Waals surface area contributed by atoms with Crippen LogP contribution in [-0.2, 0) is 21.9 Å². The van der Waals surface area contributed by atoms with Crippen LogP contribution in [0.1, 0.15) is 32.0 Å². The number of rotatable bonds is 8. The van der Waals surface area contributed by atoms with Crippen molar-refractivity contribution in [1.29, 1.82) is 0 Å². The van der Waals surface area contributed by atoms with E-state index >= 15 is 0 Å². The smallest absolute Gasteiger partial charge is 0.259 e. The zero-order valence-corrected chi connectivity index (χ0v) is 14.6. The van der Waals surface area contributed by atoms with Crippen molar-refractivity contribution in [2.45, 2.75) is 43.7 Å². The minimum Gasteiger partial charge on any atom is -0.349 e. The van der Waals surface area contributed by atoms with Crippen LogP contribution < -0.4 is 15.8 Å². The standard InChI is InChI=1S/C14H25N5O3S/c1-10-17-13(8-19(10)3)23(21,22)16-7-6-12(20)18-14(2,9-15)11-4-5-11/h8,11,16H,4-7,9,15H2,1-3H3,(H,18,20).